The number of para-hydroxylation sites is 2. The summed E-state index contributed by atoms with van der Waals surface area (Å²) in [6, 6.07) is 23.3. The number of fused-ring (bicyclic) bond motifs is 1. The summed E-state index contributed by atoms with van der Waals surface area (Å²) < 4.78 is 0. The SMILES string of the molecule is CC[C@@H]1C(C(=O)NN2CCc3ccccc32)=NN(c2ccccc2Cl)[C@@H]1c1ccc(Cl)cc1. The molecule has 5 rings (SSSR count). The normalized spacial score (nSPS) is 19.4. The van der Waals surface area contributed by atoms with Crippen molar-refractivity contribution in [1.29, 1.82) is 0 Å². The van der Waals surface area contributed by atoms with E-state index >= 15 is 0 Å². The number of benzene rings is 3. The molecule has 2 aliphatic heterocycles. The first-order chi connectivity index (χ1) is 16.1. The summed E-state index contributed by atoms with van der Waals surface area (Å²) in [6.07, 6.45) is 1.65. The molecule has 1 N–H and O–H groups in total. The third kappa shape index (κ3) is 4.07. The van der Waals surface area contributed by atoms with E-state index < -0.39 is 0 Å². The van der Waals surface area contributed by atoms with Crippen LogP contribution < -0.4 is 15.4 Å². The van der Waals surface area contributed by atoms with Gasteiger partial charge in [0.05, 0.1) is 22.4 Å². The number of hydrogen-bond donors (Lipinski definition) is 1. The Labute approximate surface area is 203 Å². The number of nitrogens with one attached hydrogen (secondary N) is 1. The molecule has 2 atom stereocenters. The van der Waals surface area contributed by atoms with E-state index in [9.17, 15) is 4.79 Å². The second-order valence-electron chi connectivity index (χ2n) is 8.26. The maximum atomic E-state index is 13.5. The van der Waals surface area contributed by atoms with Crippen LogP contribution in [-0.2, 0) is 11.2 Å². The fourth-order valence-electron chi connectivity index (χ4n) is 4.71. The molecule has 168 valence electrons. The van der Waals surface area contributed by atoms with Crippen LogP contribution in [0.3, 0.4) is 0 Å². The Balaban J connectivity index is 1.51. The summed E-state index contributed by atoms with van der Waals surface area (Å²) in [7, 11) is 0. The smallest absolute Gasteiger partial charge is 0.285 e. The van der Waals surface area contributed by atoms with Crippen molar-refractivity contribution >= 4 is 46.2 Å². The molecular formula is C26H24Cl2N4O. The first kappa shape index (κ1) is 21.8. The minimum absolute atomic E-state index is 0.111. The molecule has 33 heavy (non-hydrogen) atoms. The van der Waals surface area contributed by atoms with E-state index in [0.717, 1.165) is 36.3 Å². The van der Waals surface area contributed by atoms with Crippen molar-refractivity contribution in [2.24, 2.45) is 11.0 Å². The molecule has 5 nitrogen and oxygen atoms in total. The first-order valence-corrected chi connectivity index (χ1v) is 11.9. The van der Waals surface area contributed by atoms with E-state index in [4.69, 9.17) is 28.3 Å². The molecule has 0 bridgehead atoms. The van der Waals surface area contributed by atoms with E-state index in [2.05, 4.69) is 18.4 Å². The lowest BCUT2D eigenvalue weighted by atomic mass is 9.87. The molecule has 7 heteroatoms. The fourth-order valence-corrected chi connectivity index (χ4v) is 5.06. The molecule has 2 heterocycles. The Hall–Kier alpha value is -3.02. The number of halogens is 2. The van der Waals surface area contributed by atoms with E-state index in [1.165, 1.54) is 5.56 Å². The van der Waals surface area contributed by atoms with Crippen LogP contribution in [0.1, 0.15) is 30.5 Å². The average Bonchev–Trinajstić information content (AvgIpc) is 3.42. The monoisotopic (exact) mass is 478 g/mol. The summed E-state index contributed by atoms with van der Waals surface area (Å²) in [5.41, 5.74) is 7.66. The highest BCUT2D eigenvalue weighted by Crippen LogP contribution is 2.43. The van der Waals surface area contributed by atoms with Crippen LogP contribution in [0.15, 0.2) is 77.9 Å². The Morgan fingerprint density at radius 1 is 1.00 bits per heavy atom. The highest BCUT2D eigenvalue weighted by atomic mass is 35.5. The minimum Gasteiger partial charge on any atom is -0.285 e. The van der Waals surface area contributed by atoms with Gasteiger partial charge in [-0.05, 0) is 54.3 Å². The largest absolute Gasteiger partial charge is 0.286 e. The molecule has 0 aromatic heterocycles. The summed E-state index contributed by atoms with van der Waals surface area (Å²) in [6.45, 7) is 2.82. The molecule has 3 aromatic rings. The van der Waals surface area contributed by atoms with Gasteiger partial charge < -0.3 is 0 Å². The van der Waals surface area contributed by atoms with Crippen LogP contribution in [0.25, 0.3) is 0 Å². The van der Waals surface area contributed by atoms with Gasteiger partial charge in [-0.25, -0.2) is 0 Å². The Morgan fingerprint density at radius 3 is 2.42 bits per heavy atom. The van der Waals surface area contributed by atoms with Gasteiger partial charge in [0.25, 0.3) is 5.91 Å². The molecule has 0 fully saturated rings. The highest BCUT2D eigenvalue weighted by molar-refractivity contribution is 6.41. The highest BCUT2D eigenvalue weighted by Gasteiger charge is 2.42. The third-order valence-electron chi connectivity index (χ3n) is 6.32. The number of hydrazine groups is 1. The summed E-state index contributed by atoms with van der Waals surface area (Å²) >= 11 is 12.7. The number of hydrogen-bond acceptors (Lipinski definition) is 4. The van der Waals surface area contributed by atoms with Crippen LogP contribution in [-0.4, -0.2) is 18.2 Å². The molecule has 0 unspecified atom stereocenters. The van der Waals surface area contributed by atoms with E-state index in [-0.39, 0.29) is 17.9 Å². The minimum atomic E-state index is -0.188. The number of anilines is 2. The molecule has 0 radical (unpaired) electrons. The molecule has 0 saturated heterocycles. The zero-order valence-electron chi connectivity index (χ0n) is 18.2. The molecule has 3 aromatic carbocycles. The Kier molecular flexibility index (Phi) is 6.00. The molecular weight excluding hydrogens is 455 g/mol. The van der Waals surface area contributed by atoms with E-state index in [1.807, 2.05) is 76.7 Å². The van der Waals surface area contributed by atoms with Gasteiger partial charge in [-0.3, -0.25) is 20.2 Å². The van der Waals surface area contributed by atoms with Crippen molar-refractivity contribution in [3.05, 3.63) is 94.0 Å². The van der Waals surface area contributed by atoms with Gasteiger partial charge in [0.15, 0.2) is 0 Å². The fraction of sp³-hybridized carbons (Fsp3) is 0.231. The summed E-state index contributed by atoms with van der Waals surface area (Å²) in [4.78, 5) is 13.5. The number of carbonyl (C=O) groups excluding carboxylic acids is 1. The van der Waals surface area contributed by atoms with Crippen LogP contribution in [0, 0.1) is 5.92 Å². The zero-order valence-corrected chi connectivity index (χ0v) is 19.7. The maximum absolute atomic E-state index is 13.5. The van der Waals surface area contributed by atoms with Crippen LogP contribution in [0.2, 0.25) is 10.0 Å². The Morgan fingerprint density at radius 2 is 1.70 bits per heavy atom. The predicted molar refractivity (Wildman–Crippen MR) is 135 cm³/mol. The van der Waals surface area contributed by atoms with Gasteiger partial charge in [-0.1, -0.05) is 72.6 Å². The van der Waals surface area contributed by atoms with Gasteiger partial charge in [-0.2, -0.15) is 5.10 Å². The number of carbonyl (C=O) groups is 1. The van der Waals surface area contributed by atoms with E-state index in [1.54, 1.807) is 0 Å². The number of amides is 1. The second kappa shape index (κ2) is 9.08. The second-order valence-corrected chi connectivity index (χ2v) is 9.11. The topological polar surface area (TPSA) is 47.9 Å². The molecule has 1 amide bonds. The van der Waals surface area contributed by atoms with Crippen LogP contribution in [0.4, 0.5) is 11.4 Å². The standard InChI is InChI=1S/C26H24Cl2N4O/c1-2-20-24(26(33)30-31-16-15-17-7-3-5-9-22(17)31)29-32(23-10-6-4-8-21(23)28)25(20)18-11-13-19(27)14-12-18/h3-14,20,25H,2,15-16H2,1H3,(H,30,33)/t20-,25-/m1/s1. The Bertz CT molecular complexity index is 1210. The van der Waals surface area contributed by atoms with Gasteiger partial charge >= 0.3 is 0 Å². The zero-order chi connectivity index (χ0) is 22.9. The van der Waals surface area contributed by atoms with Crippen LogP contribution >= 0.6 is 23.2 Å². The average molecular weight is 479 g/mol. The van der Waals surface area contributed by atoms with Gasteiger partial charge in [0, 0.05) is 17.5 Å². The lowest BCUT2D eigenvalue weighted by Crippen LogP contribution is -2.46. The third-order valence-corrected chi connectivity index (χ3v) is 6.89. The summed E-state index contributed by atoms with van der Waals surface area (Å²) in [5.74, 6) is -0.299. The number of nitrogens with zero attached hydrogens (tertiary/aromatic N) is 3. The number of hydrazone groups is 1. The quantitative estimate of drug-likeness (QED) is 0.486. The molecule has 0 spiro atoms. The van der Waals surface area contributed by atoms with E-state index in [0.29, 0.717) is 15.8 Å². The van der Waals surface area contributed by atoms with Crippen molar-refractivity contribution in [2.45, 2.75) is 25.8 Å². The van der Waals surface area contributed by atoms with Crippen molar-refractivity contribution in [2.75, 3.05) is 16.6 Å². The molecule has 2 aliphatic rings. The van der Waals surface area contributed by atoms with Gasteiger partial charge in [0.1, 0.15) is 5.71 Å². The lowest BCUT2D eigenvalue weighted by molar-refractivity contribution is -0.115. The maximum Gasteiger partial charge on any atom is 0.286 e. The summed E-state index contributed by atoms with van der Waals surface area (Å²) in [5, 5.41) is 9.90. The van der Waals surface area contributed by atoms with Crippen molar-refractivity contribution in [3.63, 3.8) is 0 Å². The number of rotatable bonds is 5. The first-order valence-electron chi connectivity index (χ1n) is 11.1. The molecule has 0 saturated carbocycles. The van der Waals surface area contributed by atoms with Crippen molar-refractivity contribution in [1.82, 2.24) is 5.43 Å². The van der Waals surface area contributed by atoms with Gasteiger partial charge in [-0.15, -0.1) is 0 Å². The predicted octanol–water partition coefficient (Wildman–Crippen LogP) is 6.03. The van der Waals surface area contributed by atoms with Gasteiger partial charge in [0.2, 0.25) is 0 Å². The lowest BCUT2D eigenvalue weighted by Gasteiger charge is -2.29. The molecule has 0 aliphatic carbocycles. The van der Waals surface area contributed by atoms with Crippen LogP contribution in [0.5, 0.6) is 0 Å². The van der Waals surface area contributed by atoms with Crippen molar-refractivity contribution in [3.8, 4) is 0 Å². The van der Waals surface area contributed by atoms with Crippen molar-refractivity contribution < 1.29 is 4.79 Å².